The molecule has 0 aromatic heterocycles. The van der Waals surface area contributed by atoms with Gasteiger partial charge < -0.3 is 15.4 Å². The highest BCUT2D eigenvalue weighted by atomic mass is 35.5. The molecule has 1 aliphatic rings. The third-order valence-corrected chi connectivity index (χ3v) is 3.62. The Hall–Kier alpha value is -1.42. The molecule has 104 valence electrons. The average molecular weight is 282 g/mol. The van der Waals surface area contributed by atoms with E-state index in [0.717, 1.165) is 18.7 Å². The summed E-state index contributed by atoms with van der Waals surface area (Å²) in [6, 6.07) is 5.68. The summed E-state index contributed by atoms with van der Waals surface area (Å²) in [6.45, 7) is 2.57. The van der Waals surface area contributed by atoms with Crippen LogP contribution in [-0.4, -0.2) is 31.1 Å². The smallest absolute Gasteiger partial charge is 0.191 e. The Labute approximate surface area is 119 Å². The molecular weight excluding hydrogens is 262 g/mol. The maximum absolute atomic E-state index is 6.08. The summed E-state index contributed by atoms with van der Waals surface area (Å²) in [5, 5.41) is 0.603. The molecule has 0 saturated carbocycles. The number of hydrogen-bond acceptors (Lipinski definition) is 2. The monoisotopic (exact) mass is 281 g/mol. The molecule has 0 aliphatic carbocycles. The van der Waals surface area contributed by atoms with Crippen molar-refractivity contribution in [2.24, 2.45) is 10.7 Å². The van der Waals surface area contributed by atoms with Crippen molar-refractivity contribution in [2.45, 2.75) is 25.8 Å². The largest absolute Gasteiger partial charge is 0.495 e. The fourth-order valence-electron chi connectivity index (χ4n) is 2.20. The van der Waals surface area contributed by atoms with Gasteiger partial charge in [-0.05, 0) is 37.0 Å². The van der Waals surface area contributed by atoms with Gasteiger partial charge in [-0.3, -0.25) is 0 Å². The van der Waals surface area contributed by atoms with Crippen LogP contribution in [0.3, 0.4) is 0 Å². The van der Waals surface area contributed by atoms with E-state index in [1.54, 1.807) is 7.11 Å². The Bertz CT molecular complexity index is 456. The van der Waals surface area contributed by atoms with Crippen LogP contribution in [0.4, 0.5) is 0 Å². The maximum atomic E-state index is 6.08. The number of methoxy groups -OCH3 is 1. The molecule has 1 heterocycles. The molecule has 0 amide bonds. The van der Waals surface area contributed by atoms with Gasteiger partial charge >= 0.3 is 0 Å². The molecule has 2 rings (SSSR count). The minimum absolute atomic E-state index is 0.548. The van der Waals surface area contributed by atoms with Crippen molar-refractivity contribution in [1.29, 1.82) is 0 Å². The van der Waals surface area contributed by atoms with E-state index in [1.165, 1.54) is 19.3 Å². The molecule has 2 N–H and O–H groups in total. The Morgan fingerprint density at radius 1 is 1.37 bits per heavy atom. The lowest BCUT2D eigenvalue weighted by Crippen LogP contribution is -2.40. The lowest BCUT2D eigenvalue weighted by Gasteiger charge is -2.27. The van der Waals surface area contributed by atoms with Crippen molar-refractivity contribution >= 4 is 17.6 Å². The molecule has 19 heavy (non-hydrogen) atoms. The Balaban J connectivity index is 1.98. The van der Waals surface area contributed by atoms with Gasteiger partial charge in [0.15, 0.2) is 5.96 Å². The van der Waals surface area contributed by atoms with Gasteiger partial charge in [0.05, 0.1) is 18.7 Å². The summed E-state index contributed by atoms with van der Waals surface area (Å²) in [4.78, 5) is 6.58. The molecule has 0 spiro atoms. The normalized spacial score (nSPS) is 16.5. The topological polar surface area (TPSA) is 50.9 Å². The van der Waals surface area contributed by atoms with Crippen LogP contribution in [0, 0.1) is 0 Å². The molecule has 1 saturated heterocycles. The van der Waals surface area contributed by atoms with Crippen molar-refractivity contribution in [2.75, 3.05) is 20.2 Å². The Kier molecular flexibility index (Phi) is 4.91. The summed E-state index contributed by atoms with van der Waals surface area (Å²) in [6.07, 6.45) is 3.69. The fourth-order valence-corrected chi connectivity index (χ4v) is 2.48. The number of aliphatic imine (C=N–C) groups is 1. The number of nitrogens with two attached hydrogens (primary N) is 1. The lowest BCUT2D eigenvalue weighted by atomic mass is 10.1. The second kappa shape index (κ2) is 6.66. The second-order valence-corrected chi connectivity index (χ2v) is 5.10. The summed E-state index contributed by atoms with van der Waals surface area (Å²) in [7, 11) is 1.60. The van der Waals surface area contributed by atoms with Crippen molar-refractivity contribution in [3.05, 3.63) is 28.8 Å². The first kappa shape index (κ1) is 14.0. The first-order valence-corrected chi connectivity index (χ1v) is 6.96. The van der Waals surface area contributed by atoms with Crippen molar-refractivity contribution < 1.29 is 4.74 Å². The van der Waals surface area contributed by atoms with E-state index in [0.29, 0.717) is 23.3 Å². The van der Waals surface area contributed by atoms with Crippen LogP contribution < -0.4 is 10.5 Å². The third-order valence-electron chi connectivity index (χ3n) is 3.32. The van der Waals surface area contributed by atoms with Gasteiger partial charge in [-0.15, -0.1) is 0 Å². The number of benzene rings is 1. The number of guanidine groups is 1. The number of nitrogens with zero attached hydrogens (tertiary/aromatic N) is 2. The van der Waals surface area contributed by atoms with E-state index in [4.69, 9.17) is 22.1 Å². The predicted molar refractivity (Wildman–Crippen MR) is 78.8 cm³/mol. The average Bonchev–Trinajstić information content (AvgIpc) is 2.46. The van der Waals surface area contributed by atoms with E-state index in [9.17, 15) is 0 Å². The first-order chi connectivity index (χ1) is 9.20. The van der Waals surface area contributed by atoms with Crippen molar-refractivity contribution in [1.82, 2.24) is 4.90 Å². The van der Waals surface area contributed by atoms with Gasteiger partial charge in [-0.2, -0.15) is 0 Å². The van der Waals surface area contributed by atoms with Crippen LogP contribution >= 0.6 is 11.6 Å². The standard InChI is InChI=1S/C14H20ClN3O/c1-19-13-6-5-11(9-12(13)15)10-17-14(16)18-7-3-2-4-8-18/h5-6,9H,2-4,7-8,10H2,1H3,(H2,16,17). The fraction of sp³-hybridized carbons (Fsp3) is 0.500. The SMILES string of the molecule is COc1ccc(CN=C(N)N2CCCCC2)cc1Cl. The van der Waals surface area contributed by atoms with Gasteiger partial charge in [0, 0.05) is 13.1 Å². The number of halogens is 1. The first-order valence-electron chi connectivity index (χ1n) is 6.58. The van der Waals surface area contributed by atoms with Crippen LogP contribution in [0.1, 0.15) is 24.8 Å². The lowest BCUT2D eigenvalue weighted by molar-refractivity contribution is 0.338. The molecule has 1 aliphatic heterocycles. The zero-order valence-electron chi connectivity index (χ0n) is 11.2. The maximum Gasteiger partial charge on any atom is 0.191 e. The zero-order valence-corrected chi connectivity index (χ0v) is 12.0. The third kappa shape index (κ3) is 3.77. The van der Waals surface area contributed by atoms with E-state index >= 15 is 0 Å². The quantitative estimate of drug-likeness (QED) is 0.684. The number of rotatable bonds is 3. The Morgan fingerprint density at radius 2 is 2.11 bits per heavy atom. The highest BCUT2D eigenvalue weighted by molar-refractivity contribution is 6.32. The second-order valence-electron chi connectivity index (χ2n) is 4.69. The van der Waals surface area contributed by atoms with Gasteiger partial charge in [0.1, 0.15) is 5.75 Å². The molecule has 1 aromatic carbocycles. The molecule has 0 radical (unpaired) electrons. The number of piperidine rings is 1. The van der Waals surface area contributed by atoms with Gasteiger partial charge in [0.2, 0.25) is 0 Å². The van der Waals surface area contributed by atoms with Crippen molar-refractivity contribution in [3.63, 3.8) is 0 Å². The predicted octanol–water partition coefficient (Wildman–Crippen LogP) is 2.65. The minimum atomic E-state index is 0.548. The zero-order chi connectivity index (χ0) is 13.7. The van der Waals surface area contributed by atoms with Crippen LogP contribution in [0.5, 0.6) is 5.75 Å². The van der Waals surface area contributed by atoms with Crippen LogP contribution in [0.25, 0.3) is 0 Å². The molecule has 0 atom stereocenters. The summed E-state index contributed by atoms with van der Waals surface area (Å²) in [5.41, 5.74) is 7.04. The van der Waals surface area contributed by atoms with Crippen LogP contribution in [0.2, 0.25) is 5.02 Å². The molecule has 1 aromatic rings. The number of hydrogen-bond donors (Lipinski definition) is 1. The summed E-state index contributed by atoms with van der Waals surface area (Å²) in [5.74, 6) is 1.31. The number of ether oxygens (including phenoxy) is 1. The minimum Gasteiger partial charge on any atom is -0.495 e. The van der Waals surface area contributed by atoms with Crippen LogP contribution in [-0.2, 0) is 6.54 Å². The molecule has 0 unspecified atom stereocenters. The van der Waals surface area contributed by atoms with Crippen molar-refractivity contribution in [3.8, 4) is 5.75 Å². The molecule has 4 nitrogen and oxygen atoms in total. The van der Waals surface area contributed by atoms with Gasteiger partial charge in [-0.25, -0.2) is 4.99 Å². The van der Waals surface area contributed by atoms with E-state index in [2.05, 4.69) is 9.89 Å². The summed E-state index contributed by atoms with van der Waals surface area (Å²) < 4.78 is 5.12. The van der Waals surface area contributed by atoms with E-state index in [-0.39, 0.29) is 0 Å². The number of likely N-dealkylation sites (tertiary alicyclic amines) is 1. The summed E-state index contributed by atoms with van der Waals surface area (Å²) >= 11 is 6.08. The Morgan fingerprint density at radius 3 is 2.74 bits per heavy atom. The molecule has 0 bridgehead atoms. The van der Waals surface area contributed by atoms with E-state index < -0.39 is 0 Å². The highest BCUT2D eigenvalue weighted by Crippen LogP contribution is 2.25. The van der Waals surface area contributed by atoms with Gasteiger partial charge in [-0.1, -0.05) is 17.7 Å². The molecular formula is C14H20ClN3O. The highest BCUT2D eigenvalue weighted by Gasteiger charge is 2.11. The molecule has 1 fully saturated rings. The molecule has 5 heteroatoms. The van der Waals surface area contributed by atoms with E-state index in [1.807, 2.05) is 18.2 Å². The van der Waals surface area contributed by atoms with Gasteiger partial charge in [0.25, 0.3) is 0 Å². The van der Waals surface area contributed by atoms with Crippen LogP contribution in [0.15, 0.2) is 23.2 Å².